The Morgan fingerprint density at radius 3 is 2.63 bits per heavy atom. The van der Waals surface area contributed by atoms with E-state index in [1.54, 1.807) is 13.0 Å². The van der Waals surface area contributed by atoms with Gasteiger partial charge in [0.25, 0.3) is 5.69 Å². The summed E-state index contributed by atoms with van der Waals surface area (Å²) < 4.78 is 0. The number of nitro groups is 1. The molecule has 1 aliphatic carbocycles. The number of carbonyl (C=O) groups is 1. The molecule has 2 atom stereocenters. The molecule has 0 bridgehead atoms. The van der Waals surface area contributed by atoms with Crippen LogP contribution >= 0.6 is 11.8 Å². The predicted molar refractivity (Wildman–Crippen MR) is 102 cm³/mol. The molecule has 144 valence electrons. The third-order valence-electron chi connectivity index (χ3n) is 4.87. The van der Waals surface area contributed by atoms with E-state index in [0.717, 1.165) is 25.7 Å². The second-order valence-corrected chi connectivity index (χ2v) is 7.94. The Bertz CT molecular complexity index is 729. The molecule has 3 rings (SSSR count). The highest BCUT2D eigenvalue weighted by atomic mass is 32.2. The maximum absolute atomic E-state index is 11.8. The van der Waals surface area contributed by atoms with Crippen LogP contribution in [0.2, 0.25) is 0 Å². The van der Waals surface area contributed by atoms with Gasteiger partial charge in [-0.1, -0.05) is 0 Å². The van der Waals surface area contributed by atoms with Crippen molar-refractivity contribution in [2.45, 2.75) is 56.1 Å². The first-order chi connectivity index (χ1) is 13.0. The van der Waals surface area contributed by atoms with Gasteiger partial charge in [-0.25, -0.2) is 15.4 Å². The third-order valence-corrected chi connectivity index (χ3v) is 6.25. The van der Waals surface area contributed by atoms with E-state index >= 15 is 0 Å². The van der Waals surface area contributed by atoms with Crippen molar-refractivity contribution in [2.75, 3.05) is 11.1 Å². The van der Waals surface area contributed by atoms with E-state index in [1.165, 1.54) is 24.0 Å². The summed E-state index contributed by atoms with van der Waals surface area (Å²) in [4.78, 5) is 26.1. The lowest BCUT2D eigenvalue weighted by Gasteiger charge is -2.35. The van der Waals surface area contributed by atoms with Gasteiger partial charge in [0.2, 0.25) is 0 Å². The van der Waals surface area contributed by atoms with Gasteiger partial charge in [-0.2, -0.15) is 5.26 Å². The lowest BCUT2D eigenvalue weighted by molar-refractivity contribution is -0.385. The van der Waals surface area contributed by atoms with Crippen LogP contribution in [0.4, 0.5) is 11.5 Å². The van der Waals surface area contributed by atoms with Gasteiger partial charge < -0.3 is 5.32 Å². The first kappa shape index (κ1) is 19.5. The van der Waals surface area contributed by atoms with E-state index in [-0.39, 0.29) is 35.0 Å². The fourth-order valence-electron chi connectivity index (χ4n) is 3.44. The maximum Gasteiger partial charge on any atom is 0.287 e. The molecule has 0 radical (unpaired) electrons. The zero-order valence-electron chi connectivity index (χ0n) is 15.0. The van der Waals surface area contributed by atoms with Crippen molar-refractivity contribution < 1.29 is 9.72 Å². The molecule has 9 nitrogen and oxygen atoms in total. The average Bonchev–Trinajstić information content (AvgIpc) is 3.06. The number of nitrogens with one attached hydrogen (secondary N) is 2. The van der Waals surface area contributed by atoms with Crippen LogP contribution in [0.25, 0.3) is 0 Å². The molecule has 1 aromatic heterocycles. The number of hydrogen-bond acceptors (Lipinski definition) is 9. The highest BCUT2D eigenvalue weighted by Gasteiger charge is 2.38. The Morgan fingerprint density at radius 2 is 2.07 bits per heavy atom. The predicted octanol–water partition coefficient (Wildman–Crippen LogP) is 2.07. The molecule has 2 heterocycles. The van der Waals surface area contributed by atoms with Gasteiger partial charge in [0.1, 0.15) is 23.4 Å². The second-order valence-electron chi connectivity index (χ2n) is 6.83. The number of hydrazine groups is 1. The molecule has 1 aromatic rings. The summed E-state index contributed by atoms with van der Waals surface area (Å²) in [5.74, 6) is 1.33. The fraction of sp³-hybridized carbons (Fsp3) is 0.588. The molecule has 0 aromatic carbocycles. The van der Waals surface area contributed by atoms with E-state index in [2.05, 4.69) is 21.8 Å². The van der Waals surface area contributed by atoms with Crippen molar-refractivity contribution >= 4 is 29.1 Å². The van der Waals surface area contributed by atoms with Crippen LogP contribution in [0.15, 0.2) is 18.3 Å². The summed E-state index contributed by atoms with van der Waals surface area (Å²) in [6, 6.07) is 5.52. The second kappa shape index (κ2) is 8.65. The number of aromatic nitrogens is 1. The molecule has 2 unspecified atom stereocenters. The van der Waals surface area contributed by atoms with Crippen molar-refractivity contribution in [3.8, 4) is 6.07 Å². The number of hydrogen-bond donors (Lipinski definition) is 2. The van der Waals surface area contributed by atoms with Gasteiger partial charge in [-0.3, -0.25) is 14.9 Å². The molecular formula is C17H22N6O3S. The molecule has 0 amide bonds. The number of nitriles is 1. The van der Waals surface area contributed by atoms with E-state index in [0.29, 0.717) is 11.6 Å². The van der Waals surface area contributed by atoms with Crippen molar-refractivity contribution in [3.63, 3.8) is 0 Å². The molecule has 10 heteroatoms. The molecule has 1 saturated heterocycles. The molecule has 1 aliphatic heterocycles. The Kier molecular flexibility index (Phi) is 6.26. The van der Waals surface area contributed by atoms with Crippen molar-refractivity contribution in [3.05, 3.63) is 28.4 Å². The Labute approximate surface area is 161 Å². The van der Waals surface area contributed by atoms with E-state index in [9.17, 15) is 20.2 Å². The van der Waals surface area contributed by atoms with Gasteiger partial charge in [-0.05, 0) is 38.7 Å². The van der Waals surface area contributed by atoms with Gasteiger partial charge in [0.05, 0.1) is 11.0 Å². The maximum atomic E-state index is 11.8. The number of Topliss-reactive ketones (excluding diaryl/α,β-unsaturated/α-hetero) is 1. The Balaban J connectivity index is 1.50. The number of carbonyl (C=O) groups excluding carboxylic acids is 1. The molecule has 27 heavy (non-hydrogen) atoms. The quantitative estimate of drug-likeness (QED) is 0.555. The summed E-state index contributed by atoms with van der Waals surface area (Å²) in [7, 11) is 0. The monoisotopic (exact) mass is 390 g/mol. The zero-order valence-corrected chi connectivity index (χ0v) is 15.8. The van der Waals surface area contributed by atoms with Crippen LogP contribution in [-0.4, -0.2) is 50.0 Å². The van der Waals surface area contributed by atoms with Crippen LogP contribution < -0.4 is 10.7 Å². The van der Waals surface area contributed by atoms with Crippen LogP contribution in [-0.2, 0) is 4.79 Å². The van der Waals surface area contributed by atoms with E-state index in [1.807, 2.05) is 5.01 Å². The first-order valence-electron chi connectivity index (χ1n) is 8.91. The highest BCUT2D eigenvalue weighted by molar-refractivity contribution is 8.00. The minimum absolute atomic E-state index is 0.0241. The Morgan fingerprint density at radius 1 is 1.37 bits per heavy atom. The summed E-state index contributed by atoms with van der Waals surface area (Å²) in [5.41, 5.74) is 3.38. The minimum atomic E-state index is -0.465. The highest BCUT2D eigenvalue weighted by Crippen LogP contribution is 2.30. The Hall–Kier alpha value is -2.22. The number of rotatable bonds is 6. The molecule has 1 saturated carbocycles. The zero-order chi connectivity index (χ0) is 19.4. The summed E-state index contributed by atoms with van der Waals surface area (Å²) in [6.07, 6.45) is 4.91. The standard InChI is InChI=1S/C17H22N6O3S/c1-11(24)17-22(15(8-18)10-27-17)21-13-4-2-12(3-5-13)20-16-7-6-14(9-19-16)23(25)26/h6-7,9,12-13,15,17,21H,2-5,10H2,1H3,(H,19,20). The lowest BCUT2D eigenvalue weighted by Crippen LogP contribution is -2.53. The molecule has 2 fully saturated rings. The SMILES string of the molecule is CC(=O)C1SCC(C#N)N1NC1CCC(Nc2ccc([N+](=O)[O-])cn2)CC1. The van der Waals surface area contributed by atoms with Crippen LogP contribution in [0.3, 0.4) is 0 Å². The van der Waals surface area contributed by atoms with Crippen molar-refractivity contribution in [1.82, 2.24) is 15.4 Å². The smallest absolute Gasteiger partial charge is 0.287 e. The number of ketones is 1. The van der Waals surface area contributed by atoms with Gasteiger partial charge >= 0.3 is 0 Å². The molecular weight excluding hydrogens is 368 g/mol. The van der Waals surface area contributed by atoms with Crippen LogP contribution in [0.1, 0.15) is 32.6 Å². The van der Waals surface area contributed by atoms with Gasteiger partial charge in [0, 0.05) is 23.9 Å². The van der Waals surface area contributed by atoms with Crippen LogP contribution in [0, 0.1) is 21.4 Å². The largest absolute Gasteiger partial charge is 0.367 e. The molecule has 0 spiro atoms. The molecule has 2 aliphatic rings. The number of nitrogens with zero attached hydrogens (tertiary/aromatic N) is 4. The minimum Gasteiger partial charge on any atom is -0.367 e. The van der Waals surface area contributed by atoms with E-state index < -0.39 is 4.92 Å². The topological polar surface area (TPSA) is 124 Å². The van der Waals surface area contributed by atoms with Gasteiger partial charge in [0.15, 0.2) is 5.78 Å². The van der Waals surface area contributed by atoms with Crippen LogP contribution in [0.5, 0.6) is 0 Å². The number of anilines is 1. The molecule has 2 N–H and O–H groups in total. The lowest BCUT2D eigenvalue weighted by atomic mass is 9.91. The number of pyridine rings is 1. The van der Waals surface area contributed by atoms with Gasteiger partial charge in [-0.15, -0.1) is 11.8 Å². The van der Waals surface area contributed by atoms with E-state index in [4.69, 9.17) is 0 Å². The summed E-state index contributed by atoms with van der Waals surface area (Å²) in [5, 5.41) is 24.8. The third kappa shape index (κ3) is 4.74. The van der Waals surface area contributed by atoms with Crippen molar-refractivity contribution in [2.24, 2.45) is 0 Å². The van der Waals surface area contributed by atoms with Crippen molar-refractivity contribution in [1.29, 1.82) is 5.26 Å². The summed E-state index contributed by atoms with van der Waals surface area (Å²) >= 11 is 1.51. The normalized spacial score (nSPS) is 28.4. The summed E-state index contributed by atoms with van der Waals surface area (Å²) in [6.45, 7) is 1.56. The fourth-order valence-corrected chi connectivity index (χ4v) is 4.65. The number of thioether (sulfide) groups is 1. The average molecular weight is 390 g/mol. The first-order valence-corrected chi connectivity index (χ1v) is 9.96.